The molecule has 41 heavy (non-hydrogen) atoms. The zero-order valence-electron chi connectivity index (χ0n) is 23.8. The van der Waals surface area contributed by atoms with Crippen molar-refractivity contribution in [3.63, 3.8) is 0 Å². The maximum Gasteiger partial charge on any atom is 0.354 e. The van der Waals surface area contributed by atoms with Crippen LogP contribution in [-0.4, -0.2) is 93.6 Å². The minimum atomic E-state index is -0.615. The molecule has 2 aromatic rings. The van der Waals surface area contributed by atoms with Crippen molar-refractivity contribution in [1.29, 1.82) is 0 Å². The number of rotatable bonds is 8. The molecule has 0 spiro atoms. The van der Waals surface area contributed by atoms with Gasteiger partial charge in [0, 0.05) is 56.7 Å². The highest BCUT2D eigenvalue weighted by Gasteiger charge is 2.55. The van der Waals surface area contributed by atoms with E-state index in [1.165, 1.54) is 4.57 Å². The number of amides is 3. The van der Waals surface area contributed by atoms with Gasteiger partial charge < -0.3 is 31.9 Å². The van der Waals surface area contributed by atoms with Crippen LogP contribution in [0.1, 0.15) is 19.4 Å². The lowest BCUT2D eigenvalue weighted by molar-refractivity contribution is -0.132. The summed E-state index contributed by atoms with van der Waals surface area (Å²) in [5, 5.41) is 2.72. The highest BCUT2D eigenvalue weighted by molar-refractivity contribution is 5.88. The molecule has 220 valence electrons. The number of nitrogens with zero attached hydrogens (tertiary/aromatic N) is 5. The predicted molar refractivity (Wildman–Crippen MR) is 157 cm³/mol. The molecule has 2 saturated heterocycles. The van der Waals surface area contributed by atoms with Crippen LogP contribution in [0.5, 0.6) is 0 Å². The lowest BCUT2D eigenvalue weighted by Crippen LogP contribution is -2.53. The topological polar surface area (TPSA) is 169 Å². The third-order valence-electron chi connectivity index (χ3n) is 8.67. The molecule has 0 bridgehead atoms. The van der Waals surface area contributed by atoms with E-state index in [4.69, 9.17) is 17.2 Å². The maximum atomic E-state index is 12.8. The van der Waals surface area contributed by atoms with Gasteiger partial charge in [0.25, 0.3) is 0 Å². The molecule has 7 N–H and O–H groups in total. The SMILES string of the molecule is C=C(N1CCN(C(=O)Nc2ccn(-c3ccc(C[C@H](N)C(=O)N4CC5[C@@H](CN)[C@@H]5C4)cc3)c(=O)n2)CC1)C(C)(C)N. The van der Waals surface area contributed by atoms with Crippen molar-refractivity contribution < 1.29 is 9.59 Å². The number of carbonyl (C=O) groups is 2. The zero-order chi connectivity index (χ0) is 29.5. The van der Waals surface area contributed by atoms with Crippen molar-refractivity contribution in [3.8, 4) is 5.69 Å². The fraction of sp³-hybridized carbons (Fsp3) is 0.517. The third-order valence-corrected chi connectivity index (χ3v) is 8.67. The number of hydrogen-bond acceptors (Lipinski definition) is 8. The van der Waals surface area contributed by atoms with E-state index in [1.54, 1.807) is 29.3 Å². The number of aromatic nitrogens is 2. The molecular formula is C29H41N9O3. The molecule has 3 fully saturated rings. The van der Waals surface area contributed by atoms with E-state index >= 15 is 0 Å². The van der Waals surface area contributed by atoms with Crippen LogP contribution in [0.2, 0.25) is 0 Å². The summed E-state index contributed by atoms with van der Waals surface area (Å²) < 4.78 is 1.40. The minimum absolute atomic E-state index is 0.0260. The first kappa shape index (κ1) is 28.8. The number of nitrogens with two attached hydrogens (primary N) is 3. The van der Waals surface area contributed by atoms with Gasteiger partial charge in [0.05, 0.1) is 11.7 Å². The Labute approximate surface area is 240 Å². The number of urea groups is 1. The molecule has 0 radical (unpaired) electrons. The molecular weight excluding hydrogens is 522 g/mol. The third kappa shape index (κ3) is 6.14. The molecule has 3 amide bonds. The molecule has 2 aliphatic heterocycles. The number of fused-ring (bicyclic) bond motifs is 1. The average Bonchev–Trinajstić information content (AvgIpc) is 3.42. The lowest BCUT2D eigenvalue weighted by atomic mass is 10.0. The number of nitrogens with one attached hydrogen (secondary N) is 1. The van der Waals surface area contributed by atoms with Crippen LogP contribution in [0.3, 0.4) is 0 Å². The second-order valence-corrected chi connectivity index (χ2v) is 12.0. The molecule has 4 atom stereocenters. The van der Waals surface area contributed by atoms with Crippen molar-refractivity contribution in [2.75, 3.05) is 51.1 Å². The Kier molecular flexibility index (Phi) is 7.91. The number of piperazine rings is 1. The van der Waals surface area contributed by atoms with Crippen LogP contribution in [0.25, 0.3) is 5.69 Å². The Morgan fingerprint density at radius 1 is 1.05 bits per heavy atom. The van der Waals surface area contributed by atoms with Crippen LogP contribution in [0.15, 0.2) is 53.6 Å². The Hall–Kier alpha value is -3.74. The first-order chi connectivity index (χ1) is 19.5. The number of likely N-dealkylation sites (tertiary alicyclic amines) is 1. The molecule has 1 unspecified atom stereocenters. The molecule has 3 aliphatic rings. The van der Waals surface area contributed by atoms with Gasteiger partial charge in [-0.3, -0.25) is 14.7 Å². The van der Waals surface area contributed by atoms with Crippen LogP contribution < -0.4 is 28.2 Å². The van der Waals surface area contributed by atoms with Crippen molar-refractivity contribution in [3.05, 3.63) is 64.9 Å². The van der Waals surface area contributed by atoms with E-state index in [-0.39, 0.29) is 17.8 Å². The highest BCUT2D eigenvalue weighted by Crippen LogP contribution is 2.50. The summed E-state index contributed by atoms with van der Waals surface area (Å²) in [4.78, 5) is 48.0. The van der Waals surface area contributed by atoms with E-state index in [2.05, 4.69) is 21.8 Å². The highest BCUT2D eigenvalue weighted by atomic mass is 16.2. The van der Waals surface area contributed by atoms with Crippen LogP contribution in [0, 0.1) is 17.8 Å². The van der Waals surface area contributed by atoms with Gasteiger partial charge in [-0.2, -0.15) is 4.98 Å². The molecule has 12 heteroatoms. The summed E-state index contributed by atoms with van der Waals surface area (Å²) >= 11 is 0. The van der Waals surface area contributed by atoms with Crippen molar-refractivity contribution in [1.82, 2.24) is 24.3 Å². The Morgan fingerprint density at radius 3 is 2.22 bits per heavy atom. The molecule has 1 aromatic heterocycles. The van der Waals surface area contributed by atoms with Crippen LogP contribution in [0.4, 0.5) is 10.6 Å². The van der Waals surface area contributed by atoms with E-state index in [1.807, 2.05) is 30.9 Å². The normalized spacial score (nSPS) is 22.8. The summed E-state index contributed by atoms with van der Waals surface area (Å²) in [6.45, 7) is 12.4. The number of benzene rings is 1. The first-order valence-electron chi connectivity index (χ1n) is 14.2. The van der Waals surface area contributed by atoms with Gasteiger partial charge in [-0.1, -0.05) is 18.7 Å². The van der Waals surface area contributed by atoms with E-state index in [9.17, 15) is 14.4 Å². The summed E-state index contributed by atoms with van der Waals surface area (Å²) in [5.41, 5.74) is 19.5. The van der Waals surface area contributed by atoms with Crippen LogP contribution >= 0.6 is 0 Å². The average molecular weight is 564 g/mol. The Morgan fingerprint density at radius 2 is 1.66 bits per heavy atom. The van der Waals surface area contributed by atoms with Crippen molar-refractivity contribution in [2.45, 2.75) is 31.8 Å². The fourth-order valence-corrected chi connectivity index (χ4v) is 5.99. The number of piperidine rings is 1. The van der Waals surface area contributed by atoms with Crippen molar-refractivity contribution >= 4 is 17.8 Å². The monoisotopic (exact) mass is 563 g/mol. The fourth-order valence-electron chi connectivity index (χ4n) is 5.99. The minimum Gasteiger partial charge on any atom is -0.370 e. The molecule has 1 saturated carbocycles. The standard InChI is InChI=1S/C29H41N9O3/c1-18(29(2,3)32)35-10-12-36(13-11-35)27(40)33-25-8-9-38(28(41)34-25)20-6-4-19(5-7-20)14-24(31)26(39)37-16-22-21(15-30)23(22)17-37/h4-9,21-24H,1,10-17,30-32H2,2-3H3,(H,33,34,40,41)/t21-,22-,23?,24-/m0/s1. The largest absolute Gasteiger partial charge is 0.370 e. The van der Waals surface area contributed by atoms with Gasteiger partial charge in [0.15, 0.2) is 0 Å². The van der Waals surface area contributed by atoms with Crippen LogP contribution in [-0.2, 0) is 11.2 Å². The second-order valence-electron chi connectivity index (χ2n) is 12.0. The Balaban J connectivity index is 1.13. The van der Waals surface area contributed by atoms with E-state index in [0.29, 0.717) is 62.6 Å². The molecule has 3 heterocycles. The predicted octanol–water partition coefficient (Wildman–Crippen LogP) is 0.166. The van der Waals surface area contributed by atoms with Gasteiger partial charge in [0.2, 0.25) is 5.91 Å². The summed E-state index contributed by atoms with van der Waals surface area (Å²) in [5.74, 6) is 1.79. The molecule has 5 rings (SSSR count). The van der Waals surface area contributed by atoms with Gasteiger partial charge in [0.1, 0.15) is 5.82 Å². The lowest BCUT2D eigenvalue weighted by Gasteiger charge is -2.40. The maximum absolute atomic E-state index is 12.8. The van der Waals surface area contributed by atoms with E-state index < -0.39 is 17.3 Å². The second kappa shape index (κ2) is 11.3. The van der Waals surface area contributed by atoms with Gasteiger partial charge in [-0.15, -0.1) is 0 Å². The van der Waals surface area contributed by atoms with Crippen molar-refractivity contribution in [2.24, 2.45) is 35.0 Å². The van der Waals surface area contributed by atoms with E-state index in [0.717, 1.165) is 24.4 Å². The molecule has 12 nitrogen and oxygen atoms in total. The summed E-state index contributed by atoms with van der Waals surface area (Å²) in [6.07, 6.45) is 1.99. The Bertz CT molecular complexity index is 1350. The first-order valence-corrected chi connectivity index (χ1v) is 14.2. The van der Waals surface area contributed by atoms with Gasteiger partial charge in [-0.05, 0) is 68.3 Å². The van der Waals surface area contributed by atoms with Gasteiger partial charge in [-0.25, -0.2) is 9.59 Å². The summed E-state index contributed by atoms with van der Waals surface area (Å²) in [6, 6.07) is 7.96. The van der Waals surface area contributed by atoms with Gasteiger partial charge >= 0.3 is 11.7 Å². The number of anilines is 1. The zero-order valence-corrected chi connectivity index (χ0v) is 23.8. The number of hydrogen-bond donors (Lipinski definition) is 4. The smallest absolute Gasteiger partial charge is 0.354 e. The summed E-state index contributed by atoms with van der Waals surface area (Å²) in [7, 11) is 0. The molecule has 1 aliphatic carbocycles. The molecule has 1 aromatic carbocycles. The quantitative estimate of drug-likeness (QED) is 0.352. The number of carbonyl (C=O) groups excluding carboxylic acids is 2.